The van der Waals surface area contributed by atoms with Crippen molar-refractivity contribution in [3.63, 3.8) is 0 Å². The van der Waals surface area contributed by atoms with Crippen molar-refractivity contribution in [3.05, 3.63) is 36.5 Å². The number of hydrogen-bond acceptors (Lipinski definition) is 4. The van der Waals surface area contributed by atoms with Gasteiger partial charge in [0.15, 0.2) is 0 Å². The van der Waals surface area contributed by atoms with Gasteiger partial charge in [0.05, 0.1) is 13.2 Å². The fraction of sp³-hybridized carbons (Fsp3) is 0.417. The molecule has 0 unspecified atom stereocenters. The number of hydrogen-bond donors (Lipinski definition) is 1. The van der Waals surface area contributed by atoms with Crippen LogP contribution in [0.25, 0.3) is 0 Å². The van der Waals surface area contributed by atoms with Gasteiger partial charge >= 0.3 is 0 Å². The van der Waals surface area contributed by atoms with Crippen LogP contribution in [0.2, 0.25) is 0 Å². The third kappa shape index (κ3) is 3.32. The summed E-state index contributed by atoms with van der Waals surface area (Å²) in [5, 5.41) is 9.24. The zero-order valence-corrected chi connectivity index (χ0v) is 9.59. The molecule has 0 saturated heterocycles. The summed E-state index contributed by atoms with van der Waals surface area (Å²) in [6, 6.07) is 3.68. The fourth-order valence-corrected chi connectivity index (χ4v) is 1.48. The van der Waals surface area contributed by atoms with Crippen LogP contribution in [0.15, 0.2) is 31.0 Å². The van der Waals surface area contributed by atoms with Gasteiger partial charge in [-0.15, -0.1) is 6.58 Å². The molecule has 16 heavy (non-hydrogen) atoms. The number of methoxy groups -OCH3 is 1. The van der Waals surface area contributed by atoms with Gasteiger partial charge in [-0.2, -0.15) is 0 Å². The minimum atomic E-state index is -0.0101. The van der Waals surface area contributed by atoms with Gasteiger partial charge in [-0.3, -0.25) is 0 Å². The molecule has 0 bridgehead atoms. The molecule has 1 aromatic heterocycles. The number of aromatic nitrogens is 1. The van der Waals surface area contributed by atoms with E-state index in [4.69, 9.17) is 4.74 Å². The van der Waals surface area contributed by atoms with Crippen LogP contribution in [0.3, 0.4) is 0 Å². The van der Waals surface area contributed by atoms with E-state index in [2.05, 4.69) is 11.6 Å². The van der Waals surface area contributed by atoms with Crippen molar-refractivity contribution in [1.82, 2.24) is 4.98 Å². The first-order valence-electron chi connectivity index (χ1n) is 5.23. The minimum Gasteiger partial charge on any atom is -0.392 e. The first-order chi connectivity index (χ1) is 7.83. The first kappa shape index (κ1) is 12.7. The lowest BCUT2D eigenvalue weighted by molar-refractivity contribution is 0.205. The Morgan fingerprint density at radius 1 is 1.62 bits per heavy atom. The molecule has 0 fully saturated rings. The van der Waals surface area contributed by atoms with Gasteiger partial charge in [0.1, 0.15) is 5.82 Å². The zero-order valence-electron chi connectivity index (χ0n) is 9.59. The highest BCUT2D eigenvalue weighted by Crippen LogP contribution is 2.16. The van der Waals surface area contributed by atoms with E-state index in [0.717, 1.165) is 17.9 Å². The molecule has 0 aliphatic heterocycles. The highest BCUT2D eigenvalue weighted by atomic mass is 16.5. The predicted octanol–water partition coefficient (Wildman–Crippen LogP) is 1.21. The Labute approximate surface area is 96.2 Å². The van der Waals surface area contributed by atoms with E-state index in [9.17, 15) is 5.11 Å². The summed E-state index contributed by atoms with van der Waals surface area (Å²) in [5.74, 6) is 0.793. The largest absolute Gasteiger partial charge is 0.392 e. The Balaban J connectivity index is 2.85. The van der Waals surface area contributed by atoms with Gasteiger partial charge in [0.2, 0.25) is 0 Å². The molecule has 0 aliphatic rings. The molecule has 0 amide bonds. The number of nitrogens with zero attached hydrogens (tertiary/aromatic N) is 2. The van der Waals surface area contributed by atoms with Crippen molar-refractivity contribution >= 4 is 5.82 Å². The molecular formula is C12H18N2O2. The van der Waals surface area contributed by atoms with Crippen LogP contribution in [0.5, 0.6) is 0 Å². The van der Waals surface area contributed by atoms with E-state index >= 15 is 0 Å². The van der Waals surface area contributed by atoms with Gasteiger partial charge in [-0.05, 0) is 6.07 Å². The Bertz CT molecular complexity index is 329. The van der Waals surface area contributed by atoms with E-state index in [-0.39, 0.29) is 6.61 Å². The minimum absolute atomic E-state index is 0.0101. The number of pyridine rings is 1. The molecule has 4 nitrogen and oxygen atoms in total. The highest BCUT2D eigenvalue weighted by molar-refractivity contribution is 5.46. The molecule has 4 heteroatoms. The van der Waals surface area contributed by atoms with Gasteiger partial charge in [-0.25, -0.2) is 4.98 Å². The van der Waals surface area contributed by atoms with Crippen LogP contribution in [0, 0.1) is 0 Å². The van der Waals surface area contributed by atoms with E-state index in [1.165, 1.54) is 0 Å². The number of aliphatic hydroxyl groups excluding tert-OH is 1. The second-order valence-corrected chi connectivity index (χ2v) is 3.37. The Hall–Kier alpha value is -1.39. The normalized spacial score (nSPS) is 10.1. The van der Waals surface area contributed by atoms with Crippen LogP contribution in [-0.2, 0) is 11.3 Å². The molecule has 0 radical (unpaired) electrons. The van der Waals surface area contributed by atoms with Crippen LogP contribution in [0.1, 0.15) is 5.56 Å². The third-order valence-corrected chi connectivity index (χ3v) is 2.25. The lowest BCUT2D eigenvalue weighted by Gasteiger charge is -2.23. The highest BCUT2D eigenvalue weighted by Gasteiger charge is 2.10. The Morgan fingerprint density at radius 2 is 2.44 bits per heavy atom. The smallest absolute Gasteiger partial charge is 0.134 e. The summed E-state index contributed by atoms with van der Waals surface area (Å²) in [5.41, 5.74) is 0.820. The second kappa shape index (κ2) is 6.98. The van der Waals surface area contributed by atoms with Crippen molar-refractivity contribution < 1.29 is 9.84 Å². The number of rotatable bonds is 7. The fourth-order valence-electron chi connectivity index (χ4n) is 1.48. The lowest BCUT2D eigenvalue weighted by atomic mass is 10.2. The van der Waals surface area contributed by atoms with E-state index in [1.807, 2.05) is 23.1 Å². The van der Waals surface area contributed by atoms with Crippen LogP contribution < -0.4 is 4.90 Å². The van der Waals surface area contributed by atoms with Crippen molar-refractivity contribution in [2.75, 3.05) is 31.7 Å². The molecule has 1 heterocycles. The maximum atomic E-state index is 9.24. The predicted molar refractivity (Wildman–Crippen MR) is 64.4 cm³/mol. The Kier molecular flexibility index (Phi) is 5.53. The van der Waals surface area contributed by atoms with Crippen LogP contribution in [-0.4, -0.2) is 36.9 Å². The number of ether oxygens (including phenoxy) is 1. The van der Waals surface area contributed by atoms with Crippen LogP contribution >= 0.6 is 0 Å². The molecule has 1 N–H and O–H groups in total. The maximum absolute atomic E-state index is 9.24. The van der Waals surface area contributed by atoms with Crippen molar-refractivity contribution in [2.45, 2.75) is 6.61 Å². The molecule has 0 aliphatic carbocycles. The van der Waals surface area contributed by atoms with Crippen LogP contribution in [0.4, 0.5) is 5.82 Å². The molecule has 0 saturated carbocycles. The zero-order chi connectivity index (χ0) is 11.8. The number of aliphatic hydroxyl groups is 1. The monoisotopic (exact) mass is 222 g/mol. The standard InChI is InChI=1S/C12H18N2O2/c1-3-7-14(8-9-16-2)12-11(10-15)5-4-6-13-12/h3-6,15H,1,7-10H2,2H3. The molecule has 0 atom stereocenters. The second-order valence-electron chi connectivity index (χ2n) is 3.37. The van der Waals surface area contributed by atoms with E-state index in [0.29, 0.717) is 13.2 Å². The SMILES string of the molecule is C=CCN(CCOC)c1ncccc1CO. The van der Waals surface area contributed by atoms with Gasteiger partial charge in [-0.1, -0.05) is 12.1 Å². The van der Waals surface area contributed by atoms with Crippen molar-refractivity contribution in [1.29, 1.82) is 0 Å². The lowest BCUT2D eigenvalue weighted by Crippen LogP contribution is -2.29. The molecular weight excluding hydrogens is 204 g/mol. The van der Waals surface area contributed by atoms with E-state index in [1.54, 1.807) is 13.3 Å². The van der Waals surface area contributed by atoms with Gasteiger partial charge in [0.25, 0.3) is 0 Å². The van der Waals surface area contributed by atoms with Crippen molar-refractivity contribution in [3.8, 4) is 0 Å². The molecule has 0 spiro atoms. The molecule has 88 valence electrons. The average Bonchev–Trinajstić information content (AvgIpc) is 2.34. The molecule has 0 aromatic carbocycles. The maximum Gasteiger partial charge on any atom is 0.134 e. The summed E-state index contributed by atoms with van der Waals surface area (Å²) in [7, 11) is 1.66. The number of anilines is 1. The van der Waals surface area contributed by atoms with E-state index < -0.39 is 0 Å². The molecule has 1 aromatic rings. The third-order valence-electron chi connectivity index (χ3n) is 2.25. The summed E-state index contributed by atoms with van der Waals surface area (Å²) < 4.78 is 5.05. The van der Waals surface area contributed by atoms with Gasteiger partial charge in [0, 0.05) is 32.0 Å². The van der Waals surface area contributed by atoms with Crippen molar-refractivity contribution in [2.24, 2.45) is 0 Å². The Morgan fingerprint density at radius 3 is 3.06 bits per heavy atom. The quantitative estimate of drug-likeness (QED) is 0.704. The summed E-state index contributed by atoms with van der Waals surface area (Å²) in [4.78, 5) is 6.31. The summed E-state index contributed by atoms with van der Waals surface area (Å²) in [6.07, 6.45) is 3.53. The summed E-state index contributed by atoms with van der Waals surface area (Å²) >= 11 is 0. The molecule has 1 rings (SSSR count). The summed E-state index contributed by atoms with van der Waals surface area (Å²) in [6.45, 7) is 5.74. The topological polar surface area (TPSA) is 45.6 Å². The van der Waals surface area contributed by atoms with Gasteiger partial charge < -0.3 is 14.7 Å². The average molecular weight is 222 g/mol. The first-order valence-corrected chi connectivity index (χ1v) is 5.23.